The number of anilines is 1. The van der Waals surface area contributed by atoms with Gasteiger partial charge in [0.05, 0.1) is 0 Å². The van der Waals surface area contributed by atoms with Crippen molar-refractivity contribution in [2.75, 3.05) is 18.4 Å². The molecule has 1 saturated heterocycles. The molecule has 1 aliphatic heterocycles. The molecule has 2 amide bonds. The van der Waals surface area contributed by atoms with E-state index in [2.05, 4.69) is 5.32 Å². The molecular weight excluding hydrogens is 286 g/mol. The van der Waals surface area contributed by atoms with Crippen LogP contribution in [0.1, 0.15) is 29.6 Å². The van der Waals surface area contributed by atoms with Gasteiger partial charge in [0.15, 0.2) is 0 Å². The fourth-order valence-electron chi connectivity index (χ4n) is 2.56. The number of carbonyl (C=O) groups is 3. The number of amides is 2. The van der Waals surface area contributed by atoms with Crippen LogP contribution in [0.15, 0.2) is 24.3 Å². The van der Waals surface area contributed by atoms with Crippen LogP contribution in [0.4, 0.5) is 5.69 Å². The zero-order chi connectivity index (χ0) is 16.1. The number of aliphatic carboxylic acids is 1. The van der Waals surface area contributed by atoms with Crippen LogP contribution in [0.25, 0.3) is 0 Å². The van der Waals surface area contributed by atoms with Gasteiger partial charge in [-0.05, 0) is 43.7 Å². The van der Waals surface area contributed by atoms with E-state index < -0.39 is 17.9 Å². The monoisotopic (exact) mass is 305 g/mol. The average molecular weight is 305 g/mol. The number of nitrogens with zero attached hydrogens (tertiary/aromatic N) is 1. The molecule has 1 atom stereocenters. The highest BCUT2D eigenvalue weighted by molar-refractivity contribution is 5.94. The highest BCUT2D eigenvalue weighted by atomic mass is 16.4. The van der Waals surface area contributed by atoms with Crippen molar-refractivity contribution in [3.05, 3.63) is 29.8 Å². The molecule has 0 spiro atoms. The molecule has 2 rings (SSSR count). The van der Waals surface area contributed by atoms with Gasteiger partial charge in [-0.15, -0.1) is 0 Å². The van der Waals surface area contributed by atoms with Crippen molar-refractivity contribution in [3.63, 3.8) is 0 Å². The summed E-state index contributed by atoms with van der Waals surface area (Å²) < 4.78 is 0. The summed E-state index contributed by atoms with van der Waals surface area (Å²) in [6, 6.07) is 5.81. The number of hydrogen-bond donors (Lipinski definition) is 3. The zero-order valence-electron chi connectivity index (χ0n) is 12.1. The number of primary amides is 1. The Balaban J connectivity index is 1.83. The Morgan fingerprint density at radius 1 is 1.27 bits per heavy atom. The third-order valence-corrected chi connectivity index (χ3v) is 3.73. The first kappa shape index (κ1) is 16.0. The number of carboxylic acid groups (broad SMARTS) is 1. The predicted molar refractivity (Wildman–Crippen MR) is 80.4 cm³/mol. The summed E-state index contributed by atoms with van der Waals surface area (Å²) in [4.78, 5) is 35.7. The third kappa shape index (κ3) is 4.05. The van der Waals surface area contributed by atoms with Crippen molar-refractivity contribution in [1.29, 1.82) is 0 Å². The minimum Gasteiger partial charge on any atom is -0.480 e. The second-order valence-corrected chi connectivity index (χ2v) is 5.27. The SMILES string of the molecule is NC(=O)c1ccc(NC(=O)CCN2CCCC2C(=O)O)cc1. The van der Waals surface area contributed by atoms with Gasteiger partial charge < -0.3 is 16.2 Å². The summed E-state index contributed by atoms with van der Waals surface area (Å²) in [5.74, 6) is -1.55. The van der Waals surface area contributed by atoms with E-state index in [1.54, 1.807) is 24.3 Å². The normalized spacial score (nSPS) is 18.1. The summed E-state index contributed by atoms with van der Waals surface area (Å²) in [6.45, 7) is 1.12. The fraction of sp³-hybridized carbons (Fsp3) is 0.400. The fourth-order valence-corrected chi connectivity index (χ4v) is 2.56. The summed E-state index contributed by atoms with van der Waals surface area (Å²) >= 11 is 0. The lowest BCUT2D eigenvalue weighted by Crippen LogP contribution is -2.37. The van der Waals surface area contributed by atoms with E-state index in [0.717, 1.165) is 6.42 Å². The highest BCUT2D eigenvalue weighted by Gasteiger charge is 2.30. The molecule has 118 valence electrons. The lowest BCUT2D eigenvalue weighted by Gasteiger charge is -2.20. The van der Waals surface area contributed by atoms with Crippen LogP contribution in [0, 0.1) is 0 Å². The number of hydrogen-bond acceptors (Lipinski definition) is 4. The van der Waals surface area contributed by atoms with Gasteiger partial charge in [0, 0.05) is 24.2 Å². The Labute approximate surface area is 128 Å². The van der Waals surface area contributed by atoms with Crippen LogP contribution in [0.5, 0.6) is 0 Å². The first-order valence-corrected chi connectivity index (χ1v) is 7.14. The summed E-state index contributed by atoms with van der Waals surface area (Å²) in [7, 11) is 0. The molecule has 22 heavy (non-hydrogen) atoms. The van der Waals surface area contributed by atoms with E-state index in [1.807, 2.05) is 4.90 Å². The van der Waals surface area contributed by atoms with Gasteiger partial charge in [-0.25, -0.2) is 0 Å². The standard InChI is InChI=1S/C15H19N3O4/c16-14(20)10-3-5-11(6-4-10)17-13(19)7-9-18-8-1-2-12(18)15(21)22/h3-6,12H,1-2,7-9H2,(H2,16,20)(H,17,19)(H,21,22). The molecule has 1 aromatic rings. The second kappa shape index (κ2) is 7.04. The number of carboxylic acids is 1. The van der Waals surface area contributed by atoms with Gasteiger partial charge in [-0.1, -0.05) is 0 Å². The maximum absolute atomic E-state index is 11.9. The van der Waals surface area contributed by atoms with Crippen molar-refractivity contribution in [1.82, 2.24) is 4.90 Å². The molecule has 1 fully saturated rings. The number of likely N-dealkylation sites (tertiary alicyclic amines) is 1. The summed E-state index contributed by atoms with van der Waals surface area (Å²) in [6.07, 6.45) is 1.69. The Bertz CT molecular complexity index is 571. The molecule has 1 unspecified atom stereocenters. The lowest BCUT2D eigenvalue weighted by atomic mass is 10.2. The van der Waals surface area contributed by atoms with Crippen molar-refractivity contribution in [2.45, 2.75) is 25.3 Å². The number of carbonyl (C=O) groups excluding carboxylic acids is 2. The molecule has 0 aliphatic carbocycles. The van der Waals surface area contributed by atoms with Crippen LogP contribution in [0.2, 0.25) is 0 Å². The molecule has 0 bridgehead atoms. The van der Waals surface area contributed by atoms with E-state index in [4.69, 9.17) is 10.8 Å². The molecule has 1 aromatic carbocycles. The van der Waals surface area contributed by atoms with Crippen LogP contribution < -0.4 is 11.1 Å². The molecule has 0 saturated carbocycles. The van der Waals surface area contributed by atoms with Crippen molar-refractivity contribution >= 4 is 23.5 Å². The first-order chi connectivity index (χ1) is 10.5. The maximum atomic E-state index is 11.9. The van der Waals surface area contributed by atoms with E-state index >= 15 is 0 Å². The van der Waals surface area contributed by atoms with Crippen molar-refractivity contribution < 1.29 is 19.5 Å². The Hall–Kier alpha value is -2.41. The van der Waals surface area contributed by atoms with Crippen LogP contribution in [0.3, 0.4) is 0 Å². The predicted octanol–water partition coefficient (Wildman–Crippen LogP) is 0.663. The molecule has 4 N–H and O–H groups in total. The van der Waals surface area contributed by atoms with Crippen LogP contribution in [-0.4, -0.2) is 46.9 Å². The molecule has 0 radical (unpaired) electrons. The average Bonchev–Trinajstić information content (AvgIpc) is 2.94. The van der Waals surface area contributed by atoms with Gasteiger partial charge in [-0.3, -0.25) is 19.3 Å². The first-order valence-electron chi connectivity index (χ1n) is 7.14. The topological polar surface area (TPSA) is 113 Å². The number of benzene rings is 1. The van der Waals surface area contributed by atoms with Crippen LogP contribution in [-0.2, 0) is 9.59 Å². The van der Waals surface area contributed by atoms with Crippen LogP contribution >= 0.6 is 0 Å². The molecule has 0 aromatic heterocycles. The lowest BCUT2D eigenvalue weighted by molar-refractivity contribution is -0.142. The molecule has 7 heteroatoms. The Morgan fingerprint density at radius 3 is 2.55 bits per heavy atom. The summed E-state index contributed by atoms with van der Waals surface area (Å²) in [5.41, 5.74) is 6.09. The van der Waals surface area contributed by atoms with Gasteiger partial charge in [-0.2, -0.15) is 0 Å². The molecule has 1 heterocycles. The molecular formula is C15H19N3O4. The smallest absolute Gasteiger partial charge is 0.320 e. The number of nitrogens with one attached hydrogen (secondary N) is 1. The van der Waals surface area contributed by atoms with Gasteiger partial charge in [0.25, 0.3) is 0 Å². The van der Waals surface area contributed by atoms with E-state index in [-0.39, 0.29) is 12.3 Å². The Kier molecular flexibility index (Phi) is 5.11. The van der Waals surface area contributed by atoms with E-state index in [0.29, 0.717) is 30.8 Å². The third-order valence-electron chi connectivity index (χ3n) is 3.73. The quantitative estimate of drug-likeness (QED) is 0.714. The van der Waals surface area contributed by atoms with Gasteiger partial charge in [0.1, 0.15) is 6.04 Å². The number of nitrogens with two attached hydrogens (primary N) is 1. The van der Waals surface area contributed by atoms with Crippen molar-refractivity contribution in [2.24, 2.45) is 5.73 Å². The minimum atomic E-state index is -0.833. The molecule has 1 aliphatic rings. The zero-order valence-corrected chi connectivity index (χ0v) is 12.1. The number of rotatable bonds is 6. The minimum absolute atomic E-state index is 0.192. The van der Waals surface area contributed by atoms with E-state index in [1.165, 1.54) is 0 Å². The van der Waals surface area contributed by atoms with Crippen molar-refractivity contribution in [3.8, 4) is 0 Å². The largest absolute Gasteiger partial charge is 0.480 e. The molecule has 7 nitrogen and oxygen atoms in total. The summed E-state index contributed by atoms with van der Waals surface area (Å²) in [5, 5.41) is 11.8. The maximum Gasteiger partial charge on any atom is 0.320 e. The van der Waals surface area contributed by atoms with E-state index in [9.17, 15) is 14.4 Å². The Morgan fingerprint density at radius 2 is 1.95 bits per heavy atom. The van der Waals surface area contributed by atoms with Gasteiger partial charge >= 0.3 is 5.97 Å². The van der Waals surface area contributed by atoms with Gasteiger partial charge in [0.2, 0.25) is 11.8 Å². The second-order valence-electron chi connectivity index (χ2n) is 5.27. The highest BCUT2D eigenvalue weighted by Crippen LogP contribution is 2.17.